The fourth-order valence-electron chi connectivity index (χ4n) is 0.510. The van der Waals surface area contributed by atoms with E-state index in [1.807, 2.05) is 0 Å². The summed E-state index contributed by atoms with van der Waals surface area (Å²) in [5.74, 6) is 0. The van der Waals surface area contributed by atoms with Gasteiger partial charge in [0.2, 0.25) is 0 Å². The first-order valence-electron chi connectivity index (χ1n) is 2.08. The summed E-state index contributed by atoms with van der Waals surface area (Å²) in [6.07, 6.45) is 3.12. The Morgan fingerprint density at radius 1 is 1.00 bits per heavy atom. The molecular formula is C4H8Te. The maximum absolute atomic E-state index is 1.63. The van der Waals surface area contributed by atoms with Crippen LogP contribution in [-0.2, 0) is 0 Å². The van der Waals surface area contributed by atoms with Crippen molar-refractivity contribution in [1.82, 2.24) is 0 Å². The van der Waals surface area contributed by atoms with Crippen molar-refractivity contribution in [1.29, 1.82) is 0 Å². The summed E-state index contributed by atoms with van der Waals surface area (Å²) in [6, 6.07) is 0. The molecule has 0 atom stereocenters. The van der Waals surface area contributed by atoms with Gasteiger partial charge in [-0.3, -0.25) is 0 Å². The van der Waals surface area contributed by atoms with Gasteiger partial charge < -0.3 is 0 Å². The van der Waals surface area contributed by atoms with Crippen LogP contribution in [0.1, 0.15) is 12.8 Å². The molecule has 0 aromatic rings. The van der Waals surface area contributed by atoms with E-state index in [4.69, 9.17) is 0 Å². The maximum atomic E-state index is 1.63. The van der Waals surface area contributed by atoms with Crippen LogP contribution in [0.15, 0.2) is 0 Å². The molecule has 1 heteroatoms. The summed E-state index contributed by atoms with van der Waals surface area (Å²) in [6.45, 7) is 0. The molecular weight excluding hydrogens is 176 g/mol. The third-order valence-electron chi connectivity index (χ3n) is 0.827. The molecule has 0 bridgehead atoms. The van der Waals surface area contributed by atoms with E-state index in [0.717, 1.165) is 0 Å². The van der Waals surface area contributed by atoms with E-state index in [1.165, 1.54) is 0 Å². The second-order valence-corrected chi connectivity index (χ2v) is 4.82. The van der Waals surface area contributed by atoms with Gasteiger partial charge in [-0.25, -0.2) is 0 Å². The van der Waals surface area contributed by atoms with Crippen molar-refractivity contribution in [2.75, 3.05) is 0 Å². The van der Waals surface area contributed by atoms with Crippen LogP contribution >= 0.6 is 0 Å². The molecule has 30 valence electrons. The van der Waals surface area contributed by atoms with Crippen LogP contribution in [0.3, 0.4) is 0 Å². The van der Waals surface area contributed by atoms with Gasteiger partial charge in [-0.05, 0) is 0 Å². The van der Waals surface area contributed by atoms with Crippen LogP contribution in [0.4, 0.5) is 0 Å². The van der Waals surface area contributed by atoms with Gasteiger partial charge in [0.15, 0.2) is 0 Å². The van der Waals surface area contributed by atoms with Gasteiger partial charge in [-0.15, -0.1) is 0 Å². The number of hydrogen-bond donors (Lipinski definition) is 0. The normalized spacial score (nSPS) is 24.0. The zero-order valence-corrected chi connectivity index (χ0v) is 5.57. The molecule has 0 N–H and O–H groups in total. The van der Waals surface area contributed by atoms with Crippen molar-refractivity contribution < 1.29 is 0 Å². The van der Waals surface area contributed by atoms with E-state index >= 15 is 0 Å². The average molecular weight is 184 g/mol. The van der Waals surface area contributed by atoms with Crippen LogP contribution < -0.4 is 0 Å². The zero-order valence-electron chi connectivity index (χ0n) is 3.24. The first kappa shape index (κ1) is 3.96. The Morgan fingerprint density at radius 2 is 1.60 bits per heavy atom. The fourth-order valence-corrected chi connectivity index (χ4v) is 3.42. The van der Waals surface area contributed by atoms with Gasteiger partial charge in [0.1, 0.15) is 0 Å². The summed E-state index contributed by atoms with van der Waals surface area (Å²) in [5, 5.41) is 0. The zero-order chi connectivity index (χ0) is 3.54. The van der Waals surface area contributed by atoms with Crippen LogP contribution in [0.5, 0.6) is 0 Å². The van der Waals surface area contributed by atoms with E-state index in [1.54, 1.807) is 21.8 Å². The summed E-state index contributed by atoms with van der Waals surface area (Å²) in [4.78, 5) is 0. The van der Waals surface area contributed by atoms with Gasteiger partial charge in [0, 0.05) is 0 Å². The minimum absolute atomic E-state index is 0.604. The van der Waals surface area contributed by atoms with Gasteiger partial charge in [0.25, 0.3) is 0 Å². The van der Waals surface area contributed by atoms with Gasteiger partial charge in [-0.1, -0.05) is 0 Å². The van der Waals surface area contributed by atoms with E-state index < -0.39 is 0 Å². The molecule has 1 saturated heterocycles. The summed E-state index contributed by atoms with van der Waals surface area (Å²) in [5.41, 5.74) is 0. The second-order valence-electron chi connectivity index (χ2n) is 1.32. The quantitative estimate of drug-likeness (QED) is 0.497. The van der Waals surface area contributed by atoms with Crippen molar-refractivity contribution >= 4 is 20.9 Å². The first-order chi connectivity index (χ1) is 2.50. The van der Waals surface area contributed by atoms with E-state index in [-0.39, 0.29) is 0 Å². The molecule has 1 rings (SSSR count). The Morgan fingerprint density at radius 3 is 1.80 bits per heavy atom. The first-order valence-corrected chi connectivity index (χ1v) is 5.37. The van der Waals surface area contributed by atoms with Crippen LogP contribution in [-0.4, -0.2) is 20.9 Å². The minimum atomic E-state index is 0.604. The number of hydrogen-bond acceptors (Lipinski definition) is 0. The van der Waals surface area contributed by atoms with Crippen molar-refractivity contribution in [3.8, 4) is 0 Å². The predicted molar refractivity (Wildman–Crippen MR) is 24.6 cm³/mol. The topological polar surface area (TPSA) is 0 Å². The molecule has 0 nitrogen and oxygen atoms in total. The van der Waals surface area contributed by atoms with Crippen molar-refractivity contribution in [3.05, 3.63) is 0 Å². The van der Waals surface area contributed by atoms with Crippen molar-refractivity contribution in [2.24, 2.45) is 0 Å². The van der Waals surface area contributed by atoms with Crippen molar-refractivity contribution in [3.63, 3.8) is 0 Å². The Hall–Kier alpha value is 0.790. The van der Waals surface area contributed by atoms with Gasteiger partial charge >= 0.3 is 42.7 Å². The summed E-state index contributed by atoms with van der Waals surface area (Å²) in [7, 11) is 0. The Balaban J connectivity index is 2.08. The molecule has 0 unspecified atom stereocenters. The van der Waals surface area contributed by atoms with Crippen LogP contribution in [0, 0.1) is 0 Å². The molecule has 0 spiro atoms. The van der Waals surface area contributed by atoms with Crippen LogP contribution in [0.2, 0.25) is 8.94 Å². The third kappa shape index (κ3) is 1.11. The van der Waals surface area contributed by atoms with Crippen molar-refractivity contribution in [2.45, 2.75) is 21.8 Å². The van der Waals surface area contributed by atoms with E-state index in [0.29, 0.717) is 20.9 Å². The van der Waals surface area contributed by atoms with Crippen LogP contribution in [0.25, 0.3) is 0 Å². The SMILES string of the molecule is C1CC[Te]C1. The Labute approximate surface area is 43.0 Å². The molecule has 0 radical (unpaired) electrons. The molecule has 0 aliphatic carbocycles. The average Bonchev–Trinajstić information content (AvgIpc) is 1.76. The molecule has 1 aliphatic rings. The monoisotopic (exact) mass is 186 g/mol. The Bertz CT molecular complexity index is 15.2. The number of rotatable bonds is 0. The molecule has 1 heterocycles. The molecule has 5 heavy (non-hydrogen) atoms. The molecule has 0 aromatic heterocycles. The van der Waals surface area contributed by atoms with Gasteiger partial charge in [0.05, 0.1) is 0 Å². The second kappa shape index (κ2) is 2.05. The molecule has 0 saturated carbocycles. The summed E-state index contributed by atoms with van der Waals surface area (Å²) < 4.78 is 3.26. The summed E-state index contributed by atoms with van der Waals surface area (Å²) >= 11 is 0.604. The molecule has 0 aromatic carbocycles. The third-order valence-corrected chi connectivity index (χ3v) is 4.12. The molecule has 1 aliphatic heterocycles. The fraction of sp³-hybridized carbons (Fsp3) is 1.00. The van der Waals surface area contributed by atoms with E-state index in [9.17, 15) is 0 Å². The van der Waals surface area contributed by atoms with E-state index in [2.05, 4.69) is 0 Å². The molecule has 0 amide bonds. The van der Waals surface area contributed by atoms with Gasteiger partial charge in [-0.2, -0.15) is 0 Å². The molecule has 1 fully saturated rings. The standard InChI is InChI=1S/C4H8Te/c1-2-4-5-3-1/h1-4H2. The Kier molecular flexibility index (Phi) is 1.63. The predicted octanol–water partition coefficient (Wildman–Crippen LogP) is 1.32.